The van der Waals surface area contributed by atoms with Crippen molar-refractivity contribution in [3.8, 4) is 0 Å². The Morgan fingerprint density at radius 1 is 1.00 bits per heavy atom. The smallest absolute Gasteiger partial charge is 0.196 e. The van der Waals surface area contributed by atoms with Crippen molar-refractivity contribution in [2.45, 2.75) is 39.2 Å². The largest absolute Gasteiger partial charge is 0.366 e. The van der Waals surface area contributed by atoms with E-state index in [2.05, 4.69) is 13.0 Å². The molecule has 0 N–H and O–H groups in total. The topological polar surface area (TPSA) is 26.3 Å². The van der Waals surface area contributed by atoms with Gasteiger partial charge in [-0.05, 0) is 30.9 Å². The SMILES string of the molecule is CCCCc1ccccc1C(=O)C(OCC)c1ccccc1. The van der Waals surface area contributed by atoms with E-state index in [0.29, 0.717) is 6.61 Å². The summed E-state index contributed by atoms with van der Waals surface area (Å²) in [6.45, 7) is 4.60. The standard InChI is InChI=1S/C20H24O2/c1-3-5-11-16-12-9-10-15-18(16)19(21)20(22-4-2)17-13-7-6-8-14-17/h6-10,12-15,20H,3-5,11H2,1-2H3. The minimum absolute atomic E-state index is 0.0553. The van der Waals surface area contributed by atoms with Gasteiger partial charge >= 0.3 is 0 Å². The molecule has 1 atom stereocenters. The van der Waals surface area contributed by atoms with Gasteiger partial charge in [0.15, 0.2) is 5.78 Å². The molecule has 0 radical (unpaired) electrons. The molecule has 0 bridgehead atoms. The van der Waals surface area contributed by atoms with Crippen LogP contribution >= 0.6 is 0 Å². The van der Waals surface area contributed by atoms with Crippen molar-refractivity contribution in [1.29, 1.82) is 0 Å². The molecule has 0 fully saturated rings. The molecular formula is C20H24O2. The molecule has 0 aliphatic carbocycles. The molecule has 2 rings (SSSR count). The lowest BCUT2D eigenvalue weighted by Crippen LogP contribution is -2.18. The molecule has 0 heterocycles. The van der Waals surface area contributed by atoms with Crippen LogP contribution in [0.4, 0.5) is 0 Å². The molecule has 22 heavy (non-hydrogen) atoms. The first-order valence-corrected chi connectivity index (χ1v) is 8.06. The van der Waals surface area contributed by atoms with Gasteiger partial charge in [0, 0.05) is 12.2 Å². The number of Topliss-reactive ketones (excluding diaryl/α,β-unsaturated/α-hetero) is 1. The Hall–Kier alpha value is -1.93. The van der Waals surface area contributed by atoms with E-state index in [-0.39, 0.29) is 5.78 Å². The maximum Gasteiger partial charge on any atom is 0.196 e. The fourth-order valence-electron chi connectivity index (χ4n) is 2.60. The highest BCUT2D eigenvalue weighted by Crippen LogP contribution is 2.25. The Bertz CT molecular complexity index is 590. The van der Waals surface area contributed by atoms with E-state index < -0.39 is 6.10 Å². The van der Waals surface area contributed by atoms with Crippen molar-refractivity contribution in [1.82, 2.24) is 0 Å². The molecule has 0 spiro atoms. The summed E-state index contributed by atoms with van der Waals surface area (Å²) in [6.07, 6.45) is 2.63. The fraction of sp³-hybridized carbons (Fsp3) is 0.350. The summed E-state index contributed by atoms with van der Waals surface area (Å²) in [5, 5.41) is 0. The van der Waals surface area contributed by atoms with Crippen LogP contribution in [0.1, 0.15) is 54.3 Å². The van der Waals surface area contributed by atoms with Gasteiger partial charge in [-0.25, -0.2) is 0 Å². The predicted molar refractivity (Wildman–Crippen MR) is 90.2 cm³/mol. The van der Waals surface area contributed by atoms with E-state index >= 15 is 0 Å². The lowest BCUT2D eigenvalue weighted by atomic mass is 9.94. The van der Waals surface area contributed by atoms with Gasteiger partial charge in [0.1, 0.15) is 6.10 Å². The lowest BCUT2D eigenvalue weighted by Gasteiger charge is -2.18. The summed E-state index contributed by atoms with van der Waals surface area (Å²) < 4.78 is 5.75. The molecule has 2 nitrogen and oxygen atoms in total. The van der Waals surface area contributed by atoms with E-state index in [1.807, 2.05) is 55.5 Å². The second-order valence-electron chi connectivity index (χ2n) is 5.37. The first-order chi connectivity index (χ1) is 10.8. The zero-order valence-corrected chi connectivity index (χ0v) is 13.4. The van der Waals surface area contributed by atoms with Crippen molar-refractivity contribution >= 4 is 5.78 Å². The number of hydrogen-bond donors (Lipinski definition) is 0. The van der Waals surface area contributed by atoms with Crippen molar-refractivity contribution in [2.75, 3.05) is 6.61 Å². The van der Waals surface area contributed by atoms with E-state index in [4.69, 9.17) is 4.74 Å². The van der Waals surface area contributed by atoms with Crippen LogP contribution in [0.3, 0.4) is 0 Å². The monoisotopic (exact) mass is 296 g/mol. The molecule has 0 aliphatic rings. The third-order valence-electron chi connectivity index (χ3n) is 3.76. The second kappa shape index (κ2) is 8.50. The Balaban J connectivity index is 2.31. The first-order valence-electron chi connectivity index (χ1n) is 8.06. The van der Waals surface area contributed by atoms with Crippen LogP contribution in [0, 0.1) is 0 Å². The lowest BCUT2D eigenvalue weighted by molar-refractivity contribution is 0.0451. The van der Waals surface area contributed by atoms with Crippen LogP contribution in [0.15, 0.2) is 54.6 Å². The number of benzene rings is 2. The maximum absolute atomic E-state index is 13.0. The molecule has 0 aromatic heterocycles. The number of aryl methyl sites for hydroxylation is 1. The molecule has 2 aromatic rings. The predicted octanol–water partition coefficient (Wildman–Crippen LogP) is 4.99. The van der Waals surface area contributed by atoms with Crippen molar-refractivity contribution in [3.63, 3.8) is 0 Å². The molecule has 0 saturated carbocycles. The van der Waals surface area contributed by atoms with Crippen molar-refractivity contribution in [2.24, 2.45) is 0 Å². The molecular weight excluding hydrogens is 272 g/mol. The van der Waals surface area contributed by atoms with Gasteiger partial charge in [-0.3, -0.25) is 4.79 Å². The normalized spacial score (nSPS) is 12.1. The Morgan fingerprint density at radius 2 is 1.68 bits per heavy atom. The molecule has 0 amide bonds. The number of hydrogen-bond acceptors (Lipinski definition) is 2. The summed E-state index contributed by atoms with van der Waals surface area (Å²) >= 11 is 0. The highest BCUT2D eigenvalue weighted by atomic mass is 16.5. The first kappa shape index (κ1) is 16.4. The van der Waals surface area contributed by atoms with Crippen LogP contribution in [0.25, 0.3) is 0 Å². The van der Waals surface area contributed by atoms with E-state index in [1.165, 1.54) is 0 Å². The van der Waals surface area contributed by atoms with Crippen LogP contribution in [0.2, 0.25) is 0 Å². The van der Waals surface area contributed by atoms with Crippen LogP contribution in [-0.4, -0.2) is 12.4 Å². The number of unbranched alkanes of at least 4 members (excludes halogenated alkanes) is 1. The van der Waals surface area contributed by atoms with E-state index in [1.54, 1.807) is 0 Å². The minimum atomic E-state index is -0.519. The van der Waals surface area contributed by atoms with Crippen LogP contribution in [0.5, 0.6) is 0 Å². The van der Waals surface area contributed by atoms with Crippen molar-refractivity contribution < 1.29 is 9.53 Å². The van der Waals surface area contributed by atoms with Gasteiger partial charge in [-0.2, -0.15) is 0 Å². The minimum Gasteiger partial charge on any atom is -0.366 e. The molecule has 1 unspecified atom stereocenters. The van der Waals surface area contributed by atoms with Crippen LogP contribution in [-0.2, 0) is 11.2 Å². The van der Waals surface area contributed by atoms with Gasteiger partial charge < -0.3 is 4.74 Å². The molecule has 2 heteroatoms. The summed E-state index contributed by atoms with van der Waals surface area (Å²) in [6, 6.07) is 17.6. The highest BCUT2D eigenvalue weighted by Gasteiger charge is 2.23. The van der Waals surface area contributed by atoms with Gasteiger partial charge in [-0.15, -0.1) is 0 Å². The van der Waals surface area contributed by atoms with Gasteiger partial charge in [0.05, 0.1) is 0 Å². The van der Waals surface area contributed by atoms with E-state index in [0.717, 1.165) is 36.0 Å². The summed E-state index contributed by atoms with van der Waals surface area (Å²) in [4.78, 5) is 13.0. The zero-order chi connectivity index (χ0) is 15.8. The average Bonchev–Trinajstić information content (AvgIpc) is 2.58. The number of rotatable bonds is 8. The van der Waals surface area contributed by atoms with Crippen molar-refractivity contribution in [3.05, 3.63) is 71.3 Å². The number of carbonyl (C=O) groups excluding carboxylic acids is 1. The summed E-state index contributed by atoms with van der Waals surface area (Å²) in [5.41, 5.74) is 2.83. The van der Waals surface area contributed by atoms with E-state index in [9.17, 15) is 4.79 Å². The Morgan fingerprint density at radius 3 is 2.36 bits per heavy atom. The third kappa shape index (κ3) is 4.05. The number of ketones is 1. The third-order valence-corrected chi connectivity index (χ3v) is 3.76. The number of ether oxygens (including phenoxy) is 1. The molecule has 0 saturated heterocycles. The van der Waals surface area contributed by atoms with Crippen LogP contribution < -0.4 is 0 Å². The Labute approximate surface area is 133 Å². The average molecular weight is 296 g/mol. The quantitative estimate of drug-likeness (QED) is 0.641. The number of carbonyl (C=O) groups is 1. The fourth-order valence-corrected chi connectivity index (χ4v) is 2.60. The highest BCUT2D eigenvalue weighted by molar-refractivity contribution is 6.01. The molecule has 116 valence electrons. The van der Waals surface area contributed by atoms with Gasteiger partial charge in [-0.1, -0.05) is 67.9 Å². The second-order valence-corrected chi connectivity index (χ2v) is 5.37. The summed E-state index contributed by atoms with van der Waals surface area (Å²) in [5.74, 6) is 0.0553. The van der Waals surface area contributed by atoms with Gasteiger partial charge in [0.25, 0.3) is 0 Å². The molecule has 0 aliphatic heterocycles. The summed E-state index contributed by atoms with van der Waals surface area (Å²) in [7, 11) is 0. The van der Waals surface area contributed by atoms with Gasteiger partial charge in [0.2, 0.25) is 0 Å². The Kier molecular flexibility index (Phi) is 6.35. The zero-order valence-electron chi connectivity index (χ0n) is 13.4. The maximum atomic E-state index is 13.0. The molecule has 2 aromatic carbocycles.